The molecule has 2 aromatic heterocycles. The summed E-state index contributed by atoms with van der Waals surface area (Å²) in [5, 5.41) is 21.3. The number of hydrogen-bond donors (Lipinski definition) is 1. The third-order valence-electron chi connectivity index (χ3n) is 3.29. The maximum atomic E-state index is 9.27. The molecule has 1 aromatic carbocycles. The Kier molecular flexibility index (Phi) is 3.48. The molecule has 1 N–H and O–H groups in total. The zero-order chi connectivity index (χ0) is 14.7. The van der Waals surface area contributed by atoms with E-state index in [0.717, 1.165) is 23.3 Å². The summed E-state index contributed by atoms with van der Waals surface area (Å²) < 4.78 is 1.94. The van der Waals surface area contributed by atoms with Gasteiger partial charge >= 0.3 is 0 Å². The second-order valence-corrected chi connectivity index (χ2v) is 4.58. The van der Waals surface area contributed by atoms with Gasteiger partial charge in [0.1, 0.15) is 18.2 Å². The lowest BCUT2D eigenvalue weighted by molar-refractivity contribution is 0.707. The second-order valence-electron chi connectivity index (χ2n) is 4.58. The van der Waals surface area contributed by atoms with Crippen molar-refractivity contribution in [3.8, 4) is 6.07 Å². The molecule has 0 fully saturated rings. The van der Waals surface area contributed by atoms with Gasteiger partial charge in [0.25, 0.3) is 0 Å². The highest BCUT2D eigenvalue weighted by Gasteiger charge is 2.08. The van der Waals surface area contributed by atoms with E-state index in [9.17, 15) is 5.26 Å². The van der Waals surface area contributed by atoms with Crippen molar-refractivity contribution in [1.82, 2.24) is 19.7 Å². The average Bonchev–Trinajstić information content (AvgIpc) is 2.99. The van der Waals surface area contributed by atoms with E-state index < -0.39 is 0 Å². The van der Waals surface area contributed by atoms with Crippen LogP contribution in [0.3, 0.4) is 0 Å². The number of hydrogen-bond acceptors (Lipinski definition) is 5. The molecule has 0 bridgehead atoms. The van der Waals surface area contributed by atoms with Gasteiger partial charge in [-0.25, -0.2) is 4.98 Å². The minimum Gasteiger partial charge on any atom is -0.362 e. The van der Waals surface area contributed by atoms with Gasteiger partial charge in [0.15, 0.2) is 5.82 Å². The van der Waals surface area contributed by atoms with E-state index in [1.165, 1.54) is 0 Å². The molecule has 2 heterocycles. The molecule has 6 heteroatoms. The molecule has 0 atom stereocenters. The van der Waals surface area contributed by atoms with Crippen molar-refractivity contribution in [2.24, 2.45) is 0 Å². The van der Waals surface area contributed by atoms with E-state index in [2.05, 4.69) is 26.6 Å². The van der Waals surface area contributed by atoms with E-state index in [-0.39, 0.29) is 0 Å². The largest absolute Gasteiger partial charge is 0.362 e. The fourth-order valence-corrected chi connectivity index (χ4v) is 2.18. The number of nitriles is 1. The number of fused-ring (bicyclic) bond motifs is 1. The van der Waals surface area contributed by atoms with Crippen LogP contribution in [0.2, 0.25) is 0 Å². The zero-order valence-electron chi connectivity index (χ0n) is 11.6. The summed E-state index contributed by atoms with van der Waals surface area (Å²) >= 11 is 0. The minimum atomic E-state index is 0.480. The van der Waals surface area contributed by atoms with Gasteiger partial charge in [-0.1, -0.05) is 18.2 Å². The molecule has 0 aliphatic rings. The lowest BCUT2D eigenvalue weighted by Crippen LogP contribution is -2.09. The number of benzene rings is 1. The third kappa shape index (κ3) is 2.54. The van der Waals surface area contributed by atoms with Crippen molar-refractivity contribution >= 4 is 16.7 Å². The van der Waals surface area contributed by atoms with Crippen molar-refractivity contribution in [3.63, 3.8) is 0 Å². The van der Waals surface area contributed by atoms with Gasteiger partial charge in [-0.2, -0.15) is 5.26 Å². The van der Waals surface area contributed by atoms with Crippen molar-refractivity contribution < 1.29 is 0 Å². The van der Waals surface area contributed by atoms with Crippen LogP contribution in [0.25, 0.3) is 10.9 Å². The van der Waals surface area contributed by atoms with Crippen LogP contribution in [0.5, 0.6) is 0 Å². The van der Waals surface area contributed by atoms with E-state index in [1.807, 2.05) is 41.8 Å². The molecule has 21 heavy (non-hydrogen) atoms. The Morgan fingerprint density at radius 1 is 1.33 bits per heavy atom. The minimum absolute atomic E-state index is 0.480. The van der Waals surface area contributed by atoms with Crippen LogP contribution in [-0.4, -0.2) is 19.7 Å². The summed E-state index contributed by atoms with van der Waals surface area (Å²) in [4.78, 5) is 4.51. The molecule has 0 aliphatic carbocycles. The summed E-state index contributed by atoms with van der Waals surface area (Å²) in [5.74, 6) is 1.39. The molecule has 104 valence electrons. The second kappa shape index (κ2) is 5.59. The molecule has 0 saturated heterocycles. The van der Waals surface area contributed by atoms with E-state index in [4.69, 9.17) is 0 Å². The van der Waals surface area contributed by atoms with Crippen LogP contribution < -0.4 is 5.32 Å². The van der Waals surface area contributed by atoms with Crippen LogP contribution in [0.4, 0.5) is 5.82 Å². The van der Waals surface area contributed by atoms with Crippen molar-refractivity contribution in [3.05, 3.63) is 48.0 Å². The first kappa shape index (κ1) is 13.1. The SMILES string of the molecule is CCn1cnnc1CNc1nc2ccccc2cc1C#N. The number of aromatic nitrogens is 4. The molecule has 0 saturated carbocycles. The third-order valence-corrected chi connectivity index (χ3v) is 3.29. The standard InChI is InChI=1S/C15H14N6/c1-2-21-10-18-20-14(21)9-17-15-12(8-16)7-11-5-3-4-6-13(11)19-15/h3-7,10H,2,9H2,1H3,(H,17,19). The van der Waals surface area contributed by atoms with Crippen LogP contribution >= 0.6 is 0 Å². The predicted octanol–water partition coefficient (Wildman–Crippen LogP) is 2.33. The lowest BCUT2D eigenvalue weighted by Gasteiger charge is -2.09. The average molecular weight is 278 g/mol. The molecule has 6 nitrogen and oxygen atoms in total. The quantitative estimate of drug-likeness (QED) is 0.792. The number of rotatable bonds is 4. The normalized spacial score (nSPS) is 10.5. The molecular weight excluding hydrogens is 264 g/mol. The number of pyridine rings is 1. The Hall–Kier alpha value is -2.94. The van der Waals surface area contributed by atoms with Gasteiger partial charge in [0.05, 0.1) is 17.6 Å². The van der Waals surface area contributed by atoms with Crippen LogP contribution in [0.15, 0.2) is 36.7 Å². The van der Waals surface area contributed by atoms with Crippen molar-refractivity contribution in [2.75, 3.05) is 5.32 Å². The molecule has 0 spiro atoms. The first-order chi connectivity index (χ1) is 10.3. The molecule has 0 radical (unpaired) electrons. The highest BCUT2D eigenvalue weighted by molar-refractivity contribution is 5.82. The molecule has 3 aromatic rings. The van der Waals surface area contributed by atoms with Crippen molar-refractivity contribution in [2.45, 2.75) is 20.0 Å². The number of anilines is 1. The summed E-state index contributed by atoms with van der Waals surface area (Å²) in [6.45, 7) is 3.32. The van der Waals surface area contributed by atoms with Gasteiger partial charge < -0.3 is 9.88 Å². The monoisotopic (exact) mass is 278 g/mol. The Morgan fingerprint density at radius 2 is 2.19 bits per heavy atom. The van der Waals surface area contributed by atoms with Gasteiger partial charge in [-0.15, -0.1) is 10.2 Å². The Balaban J connectivity index is 1.91. The number of para-hydroxylation sites is 1. The summed E-state index contributed by atoms with van der Waals surface area (Å²) in [7, 11) is 0. The Bertz CT molecular complexity index is 814. The number of nitrogens with one attached hydrogen (secondary N) is 1. The summed E-state index contributed by atoms with van der Waals surface area (Å²) in [6, 6.07) is 11.8. The number of nitrogens with zero attached hydrogens (tertiary/aromatic N) is 5. The Labute approximate surface area is 122 Å². The predicted molar refractivity (Wildman–Crippen MR) is 79.5 cm³/mol. The van der Waals surface area contributed by atoms with E-state index in [1.54, 1.807) is 6.33 Å². The highest BCUT2D eigenvalue weighted by Crippen LogP contribution is 2.20. The maximum Gasteiger partial charge on any atom is 0.152 e. The first-order valence-electron chi connectivity index (χ1n) is 6.72. The topological polar surface area (TPSA) is 79.4 Å². The summed E-state index contributed by atoms with van der Waals surface area (Å²) in [5.41, 5.74) is 1.38. The van der Waals surface area contributed by atoms with E-state index >= 15 is 0 Å². The molecular formula is C15H14N6. The number of aryl methyl sites for hydroxylation is 1. The van der Waals surface area contributed by atoms with Gasteiger partial charge in [-0.05, 0) is 19.1 Å². The zero-order valence-corrected chi connectivity index (χ0v) is 11.6. The maximum absolute atomic E-state index is 9.27. The van der Waals surface area contributed by atoms with Crippen molar-refractivity contribution in [1.29, 1.82) is 5.26 Å². The molecule has 0 unspecified atom stereocenters. The van der Waals surface area contributed by atoms with Crippen LogP contribution in [-0.2, 0) is 13.1 Å². The van der Waals surface area contributed by atoms with Gasteiger partial charge in [0, 0.05) is 11.9 Å². The molecule has 0 aliphatic heterocycles. The molecule has 0 amide bonds. The van der Waals surface area contributed by atoms with Crippen LogP contribution in [0.1, 0.15) is 18.3 Å². The fourth-order valence-electron chi connectivity index (χ4n) is 2.18. The van der Waals surface area contributed by atoms with Gasteiger partial charge in [-0.3, -0.25) is 0 Å². The highest BCUT2D eigenvalue weighted by atomic mass is 15.3. The first-order valence-corrected chi connectivity index (χ1v) is 6.72. The van der Waals surface area contributed by atoms with E-state index in [0.29, 0.717) is 17.9 Å². The smallest absolute Gasteiger partial charge is 0.152 e. The fraction of sp³-hybridized carbons (Fsp3) is 0.200. The van der Waals surface area contributed by atoms with Gasteiger partial charge in [0.2, 0.25) is 0 Å². The Morgan fingerprint density at radius 3 is 3.00 bits per heavy atom. The molecule has 3 rings (SSSR count). The van der Waals surface area contributed by atoms with Crippen LogP contribution in [0, 0.1) is 11.3 Å². The lowest BCUT2D eigenvalue weighted by atomic mass is 10.1. The summed E-state index contributed by atoms with van der Waals surface area (Å²) in [6.07, 6.45) is 1.69.